The maximum Gasteiger partial charge on any atom is 0.326 e. The number of H-pyrrole nitrogens is 1. The first-order chi connectivity index (χ1) is 14.3. The minimum absolute atomic E-state index is 0.351. The third kappa shape index (κ3) is 3.46. The second-order valence-electron chi connectivity index (χ2n) is 8.33. The smallest absolute Gasteiger partial charge is 0.326 e. The summed E-state index contributed by atoms with van der Waals surface area (Å²) in [6.45, 7) is 3.10. The fraction of sp³-hybridized carbons (Fsp3) is 0.455. The monoisotopic (exact) mass is 411 g/mol. The van der Waals surface area contributed by atoms with E-state index < -0.39 is 30.2 Å². The highest BCUT2D eigenvalue weighted by atomic mass is 16.5. The number of nitrogens with zero attached hydrogens (tertiary/aromatic N) is 1. The van der Waals surface area contributed by atoms with Crippen molar-refractivity contribution in [3.8, 4) is 0 Å². The van der Waals surface area contributed by atoms with Gasteiger partial charge in [-0.15, -0.1) is 0 Å². The van der Waals surface area contributed by atoms with Crippen molar-refractivity contribution in [1.82, 2.24) is 15.2 Å². The Morgan fingerprint density at radius 3 is 2.67 bits per heavy atom. The minimum Gasteiger partial charge on any atom is -0.453 e. The van der Waals surface area contributed by atoms with Gasteiger partial charge in [0, 0.05) is 22.7 Å². The van der Waals surface area contributed by atoms with Crippen molar-refractivity contribution in [2.45, 2.75) is 51.2 Å². The van der Waals surface area contributed by atoms with E-state index in [2.05, 4.69) is 17.2 Å². The van der Waals surface area contributed by atoms with Crippen LogP contribution in [-0.2, 0) is 14.3 Å². The first kappa shape index (κ1) is 20.1. The number of carbonyl (C=O) groups excluding carboxylic acids is 4. The summed E-state index contributed by atoms with van der Waals surface area (Å²) in [5, 5.41) is 3.52. The molecule has 158 valence electrons. The van der Waals surface area contributed by atoms with Crippen LogP contribution in [0.5, 0.6) is 0 Å². The number of urea groups is 1. The Bertz CT molecular complexity index is 1020. The molecule has 2 aliphatic rings. The highest BCUT2D eigenvalue weighted by Gasteiger charge is 2.52. The summed E-state index contributed by atoms with van der Waals surface area (Å²) in [5.41, 5.74) is 0.331. The number of aromatic nitrogens is 1. The van der Waals surface area contributed by atoms with Gasteiger partial charge in [0.1, 0.15) is 12.1 Å². The molecule has 8 heteroatoms. The predicted molar refractivity (Wildman–Crippen MR) is 109 cm³/mol. The fourth-order valence-corrected chi connectivity index (χ4v) is 4.33. The molecule has 0 radical (unpaired) electrons. The molecule has 2 heterocycles. The van der Waals surface area contributed by atoms with Crippen LogP contribution >= 0.6 is 0 Å². The molecular weight excluding hydrogens is 386 g/mol. The minimum atomic E-state index is -1.04. The van der Waals surface area contributed by atoms with Crippen LogP contribution in [0, 0.1) is 5.92 Å². The number of para-hydroxylation sites is 1. The number of Topliss-reactive ketones (excluding diaryl/α,β-unsaturated/α-hetero) is 1. The van der Waals surface area contributed by atoms with Crippen LogP contribution in [0.1, 0.15) is 49.9 Å². The lowest BCUT2D eigenvalue weighted by Crippen LogP contribution is -2.49. The molecular formula is C22H25N3O5. The summed E-state index contributed by atoms with van der Waals surface area (Å²) < 4.78 is 5.26. The summed E-state index contributed by atoms with van der Waals surface area (Å²) >= 11 is 0. The molecule has 3 amide bonds. The lowest BCUT2D eigenvalue weighted by atomic mass is 9.77. The molecule has 1 spiro atoms. The summed E-state index contributed by atoms with van der Waals surface area (Å²) in [7, 11) is 0. The van der Waals surface area contributed by atoms with E-state index >= 15 is 0 Å². The highest BCUT2D eigenvalue weighted by molar-refractivity contribution is 6.11. The van der Waals surface area contributed by atoms with Gasteiger partial charge in [-0.05, 0) is 44.6 Å². The standard InChI is InChI=1S/C22H25N3O5/c1-13-7-9-22(10-8-13)20(28)25(21(29)24-22)12-18(26)30-14(2)19(27)16-11-23-17-6-4-3-5-15(16)17/h3-6,11,13-14,23H,7-10,12H2,1-2H3,(H,24,29). The Labute approximate surface area is 173 Å². The molecule has 1 saturated heterocycles. The Hall–Kier alpha value is -3.16. The second-order valence-corrected chi connectivity index (χ2v) is 8.33. The van der Waals surface area contributed by atoms with Gasteiger partial charge in [0.05, 0.1) is 0 Å². The quantitative estimate of drug-likeness (QED) is 0.447. The van der Waals surface area contributed by atoms with Crippen molar-refractivity contribution in [2.75, 3.05) is 6.54 Å². The molecule has 1 saturated carbocycles. The lowest BCUT2D eigenvalue weighted by Gasteiger charge is -2.33. The Morgan fingerprint density at radius 1 is 1.23 bits per heavy atom. The zero-order valence-electron chi connectivity index (χ0n) is 17.1. The first-order valence-corrected chi connectivity index (χ1v) is 10.2. The number of amides is 3. The molecule has 1 atom stereocenters. The maximum absolute atomic E-state index is 12.9. The van der Waals surface area contributed by atoms with Crippen molar-refractivity contribution in [2.24, 2.45) is 5.92 Å². The molecule has 2 aromatic rings. The fourth-order valence-electron chi connectivity index (χ4n) is 4.33. The van der Waals surface area contributed by atoms with E-state index in [0.717, 1.165) is 28.6 Å². The number of carbonyl (C=O) groups is 4. The first-order valence-electron chi connectivity index (χ1n) is 10.2. The van der Waals surface area contributed by atoms with Gasteiger partial charge in [-0.3, -0.25) is 19.3 Å². The van der Waals surface area contributed by atoms with Crippen LogP contribution in [-0.4, -0.2) is 51.8 Å². The van der Waals surface area contributed by atoms with Crippen molar-refractivity contribution in [3.63, 3.8) is 0 Å². The van der Waals surface area contributed by atoms with Crippen molar-refractivity contribution in [1.29, 1.82) is 0 Å². The molecule has 2 N–H and O–H groups in total. The van der Waals surface area contributed by atoms with E-state index in [1.54, 1.807) is 6.20 Å². The Kier molecular flexibility index (Phi) is 5.09. The number of esters is 1. The van der Waals surface area contributed by atoms with Crippen LogP contribution in [0.25, 0.3) is 10.9 Å². The van der Waals surface area contributed by atoms with Crippen molar-refractivity contribution >= 4 is 34.6 Å². The molecule has 1 aliphatic carbocycles. The summed E-state index contributed by atoms with van der Waals surface area (Å²) in [6, 6.07) is 6.76. The van der Waals surface area contributed by atoms with Crippen LogP contribution in [0.4, 0.5) is 4.79 Å². The van der Waals surface area contributed by atoms with Gasteiger partial charge in [-0.1, -0.05) is 25.1 Å². The van der Waals surface area contributed by atoms with E-state index in [9.17, 15) is 19.2 Å². The predicted octanol–water partition coefficient (Wildman–Crippen LogP) is 2.78. The topological polar surface area (TPSA) is 109 Å². The molecule has 0 bridgehead atoms. The molecule has 1 aliphatic heterocycles. The van der Waals surface area contributed by atoms with Crippen LogP contribution in [0.2, 0.25) is 0 Å². The average Bonchev–Trinajstić information content (AvgIpc) is 3.25. The van der Waals surface area contributed by atoms with Gasteiger partial charge >= 0.3 is 12.0 Å². The number of nitrogens with one attached hydrogen (secondary N) is 2. The second kappa shape index (κ2) is 7.59. The maximum atomic E-state index is 12.9. The van der Waals surface area contributed by atoms with Crippen molar-refractivity contribution in [3.05, 3.63) is 36.0 Å². The number of imide groups is 1. The van der Waals surface area contributed by atoms with Gasteiger partial charge in [0.25, 0.3) is 5.91 Å². The van der Waals surface area contributed by atoms with Crippen LogP contribution < -0.4 is 5.32 Å². The molecule has 1 aromatic heterocycles. The zero-order valence-corrected chi connectivity index (χ0v) is 17.1. The van der Waals surface area contributed by atoms with E-state index in [0.29, 0.717) is 24.3 Å². The Morgan fingerprint density at radius 2 is 1.93 bits per heavy atom. The highest BCUT2D eigenvalue weighted by Crippen LogP contribution is 2.36. The third-order valence-corrected chi connectivity index (χ3v) is 6.19. The normalized spacial score (nSPS) is 24.9. The third-order valence-electron chi connectivity index (χ3n) is 6.19. The van der Waals surface area contributed by atoms with Gasteiger partial charge in [-0.25, -0.2) is 4.79 Å². The van der Waals surface area contributed by atoms with Gasteiger partial charge in [0.15, 0.2) is 6.10 Å². The number of aromatic amines is 1. The number of hydrogen-bond donors (Lipinski definition) is 2. The average molecular weight is 411 g/mol. The number of ether oxygens (including phenoxy) is 1. The lowest BCUT2D eigenvalue weighted by molar-refractivity contribution is -0.150. The van der Waals surface area contributed by atoms with Crippen molar-refractivity contribution < 1.29 is 23.9 Å². The molecule has 30 heavy (non-hydrogen) atoms. The number of fused-ring (bicyclic) bond motifs is 1. The number of rotatable bonds is 5. The molecule has 8 nitrogen and oxygen atoms in total. The molecule has 1 aromatic carbocycles. The number of benzene rings is 1. The summed E-state index contributed by atoms with van der Waals surface area (Å²) in [5.74, 6) is -1.01. The summed E-state index contributed by atoms with van der Waals surface area (Å²) in [6.07, 6.45) is 3.38. The largest absolute Gasteiger partial charge is 0.453 e. The molecule has 2 fully saturated rings. The van der Waals surface area contributed by atoms with Gasteiger partial charge in [0.2, 0.25) is 5.78 Å². The molecule has 4 rings (SSSR count). The van der Waals surface area contributed by atoms with Gasteiger partial charge < -0.3 is 15.0 Å². The van der Waals surface area contributed by atoms with Gasteiger partial charge in [-0.2, -0.15) is 0 Å². The zero-order chi connectivity index (χ0) is 21.5. The number of hydrogen-bond acceptors (Lipinski definition) is 5. The van der Waals surface area contributed by atoms with E-state index in [1.165, 1.54) is 6.92 Å². The van der Waals surface area contributed by atoms with E-state index in [-0.39, 0.29) is 11.7 Å². The van der Waals surface area contributed by atoms with E-state index in [1.807, 2.05) is 24.3 Å². The van der Waals surface area contributed by atoms with Crippen LogP contribution in [0.3, 0.4) is 0 Å². The SMILES string of the molecule is CC1CCC2(CC1)NC(=O)N(CC(=O)OC(C)C(=O)c1c[nH]c3ccccc13)C2=O. The Balaban J connectivity index is 1.40. The van der Waals surface area contributed by atoms with Crippen LogP contribution in [0.15, 0.2) is 30.5 Å². The number of ketones is 1. The van der Waals surface area contributed by atoms with E-state index in [4.69, 9.17) is 4.74 Å². The summed E-state index contributed by atoms with van der Waals surface area (Å²) in [4.78, 5) is 54.3. The molecule has 1 unspecified atom stereocenters.